The molecule has 0 aromatic heterocycles. The maximum Gasteiger partial charge on any atom is 0.142 e. The maximum atomic E-state index is 12.1. The Kier molecular flexibility index (Phi) is 3.30. The van der Waals surface area contributed by atoms with Crippen molar-refractivity contribution in [2.45, 2.75) is 53.5 Å². The second-order valence-corrected chi connectivity index (χ2v) is 6.72. The summed E-state index contributed by atoms with van der Waals surface area (Å²) >= 11 is 0. The summed E-state index contributed by atoms with van der Waals surface area (Å²) < 4.78 is 0. The van der Waals surface area contributed by atoms with Gasteiger partial charge in [-0.15, -0.1) is 0 Å². The Labute approximate surface area is 94.0 Å². The van der Waals surface area contributed by atoms with E-state index in [2.05, 4.69) is 25.7 Å². The highest BCUT2D eigenvalue weighted by Crippen LogP contribution is 2.30. The topological polar surface area (TPSA) is 20.3 Å². The molecule has 0 aromatic rings. The summed E-state index contributed by atoms with van der Waals surface area (Å²) in [5.41, 5.74) is 0.0193. The molecule has 1 aliphatic heterocycles. The smallest absolute Gasteiger partial charge is 0.142 e. The van der Waals surface area contributed by atoms with Gasteiger partial charge in [-0.05, 0) is 33.7 Å². The first-order valence-electron chi connectivity index (χ1n) is 5.92. The van der Waals surface area contributed by atoms with E-state index in [1.807, 2.05) is 20.8 Å². The SMILES string of the molecule is CC(C)(C)C(=O)[C@@H]1CCN(C(C)(C)C)C1. The third-order valence-electron chi connectivity index (χ3n) is 3.25. The van der Waals surface area contributed by atoms with E-state index < -0.39 is 0 Å². The minimum Gasteiger partial charge on any atom is -0.299 e. The highest BCUT2D eigenvalue weighted by molar-refractivity contribution is 5.86. The van der Waals surface area contributed by atoms with Crippen molar-refractivity contribution in [3.05, 3.63) is 0 Å². The van der Waals surface area contributed by atoms with Crippen molar-refractivity contribution in [3.63, 3.8) is 0 Å². The fourth-order valence-electron chi connectivity index (χ4n) is 2.20. The van der Waals surface area contributed by atoms with Crippen molar-refractivity contribution in [1.29, 1.82) is 0 Å². The van der Waals surface area contributed by atoms with E-state index in [1.165, 1.54) is 0 Å². The van der Waals surface area contributed by atoms with Gasteiger partial charge in [0, 0.05) is 23.4 Å². The standard InChI is InChI=1S/C13H25NO/c1-12(2,3)11(15)10-7-8-14(9-10)13(4,5)6/h10H,7-9H2,1-6H3/t10-/m1/s1. The molecular weight excluding hydrogens is 186 g/mol. The number of likely N-dealkylation sites (tertiary alicyclic amines) is 1. The molecule has 1 atom stereocenters. The number of carbonyl (C=O) groups is 1. The summed E-state index contributed by atoms with van der Waals surface area (Å²) in [5, 5.41) is 0. The van der Waals surface area contributed by atoms with Gasteiger partial charge in [0.1, 0.15) is 5.78 Å². The van der Waals surface area contributed by atoms with Crippen LogP contribution in [0, 0.1) is 11.3 Å². The second kappa shape index (κ2) is 3.89. The average Bonchev–Trinajstić information content (AvgIpc) is 2.47. The first kappa shape index (κ1) is 12.7. The molecule has 0 amide bonds. The van der Waals surface area contributed by atoms with Gasteiger partial charge < -0.3 is 0 Å². The Hall–Kier alpha value is -0.370. The normalized spacial score (nSPS) is 24.5. The summed E-state index contributed by atoms with van der Waals surface area (Å²) in [7, 11) is 0. The van der Waals surface area contributed by atoms with Gasteiger partial charge in [-0.25, -0.2) is 0 Å². The monoisotopic (exact) mass is 211 g/mol. The number of ketones is 1. The van der Waals surface area contributed by atoms with Crippen molar-refractivity contribution in [1.82, 2.24) is 4.90 Å². The molecule has 2 heteroatoms. The Bertz CT molecular complexity index is 244. The fraction of sp³-hybridized carbons (Fsp3) is 0.923. The molecule has 2 nitrogen and oxygen atoms in total. The van der Waals surface area contributed by atoms with E-state index >= 15 is 0 Å². The zero-order valence-electron chi connectivity index (χ0n) is 11.1. The number of rotatable bonds is 1. The van der Waals surface area contributed by atoms with E-state index in [9.17, 15) is 4.79 Å². The first-order valence-corrected chi connectivity index (χ1v) is 5.92. The molecule has 0 aliphatic carbocycles. The summed E-state index contributed by atoms with van der Waals surface area (Å²) in [6.07, 6.45) is 1.04. The third-order valence-corrected chi connectivity index (χ3v) is 3.25. The second-order valence-electron chi connectivity index (χ2n) is 6.72. The average molecular weight is 211 g/mol. The molecule has 1 heterocycles. The zero-order chi connectivity index (χ0) is 11.9. The van der Waals surface area contributed by atoms with E-state index in [1.54, 1.807) is 0 Å². The first-order chi connectivity index (χ1) is 6.62. The number of hydrogen-bond donors (Lipinski definition) is 0. The predicted molar refractivity (Wildman–Crippen MR) is 63.9 cm³/mol. The van der Waals surface area contributed by atoms with Crippen molar-refractivity contribution >= 4 is 5.78 Å². The van der Waals surface area contributed by atoms with Crippen LogP contribution in [0.15, 0.2) is 0 Å². The third kappa shape index (κ3) is 3.04. The van der Waals surface area contributed by atoms with Crippen molar-refractivity contribution in [2.75, 3.05) is 13.1 Å². The minimum absolute atomic E-state index is 0.182. The van der Waals surface area contributed by atoms with Crippen LogP contribution in [-0.2, 0) is 4.79 Å². The molecule has 0 aromatic carbocycles. The predicted octanol–water partition coefficient (Wildman–Crippen LogP) is 2.72. The zero-order valence-corrected chi connectivity index (χ0v) is 11.1. The van der Waals surface area contributed by atoms with Gasteiger partial charge in [0.15, 0.2) is 0 Å². The summed E-state index contributed by atoms with van der Waals surface area (Å²) in [5.74, 6) is 0.679. The molecular formula is C13H25NO. The van der Waals surface area contributed by atoms with Crippen LogP contribution < -0.4 is 0 Å². The number of Topliss-reactive ketones (excluding diaryl/α,β-unsaturated/α-hetero) is 1. The Balaban J connectivity index is 2.62. The van der Waals surface area contributed by atoms with Crippen LogP contribution in [0.1, 0.15) is 48.0 Å². The molecule has 0 saturated carbocycles. The summed E-state index contributed by atoms with van der Waals surface area (Å²) in [6.45, 7) is 14.7. The van der Waals surface area contributed by atoms with Crippen LogP contribution >= 0.6 is 0 Å². The Morgan fingerprint density at radius 2 is 1.67 bits per heavy atom. The van der Waals surface area contributed by atoms with E-state index in [-0.39, 0.29) is 16.9 Å². The number of hydrogen-bond acceptors (Lipinski definition) is 2. The Morgan fingerprint density at radius 1 is 1.13 bits per heavy atom. The van der Waals surface area contributed by atoms with Crippen LogP contribution in [0.5, 0.6) is 0 Å². The van der Waals surface area contributed by atoms with Gasteiger partial charge in [0.25, 0.3) is 0 Å². The van der Waals surface area contributed by atoms with Gasteiger partial charge in [0.05, 0.1) is 0 Å². The molecule has 0 unspecified atom stereocenters. The minimum atomic E-state index is -0.182. The van der Waals surface area contributed by atoms with Crippen molar-refractivity contribution in [2.24, 2.45) is 11.3 Å². The van der Waals surface area contributed by atoms with Crippen LogP contribution in [0.25, 0.3) is 0 Å². The molecule has 0 bridgehead atoms. The van der Waals surface area contributed by atoms with Crippen molar-refractivity contribution in [3.8, 4) is 0 Å². The summed E-state index contributed by atoms with van der Waals surface area (Å²) in [4.78, 5) is 14.5. The van der Waals surface area contributed by atoms with E-state index in [0.29, 0.717) is 5.78 Å². The van der Waals surface area contributed by atoms with Crippen LogP contribution in [0.4, 0.5) is 0 Å². The number of carbonyl (C=O) groups excluding carboxylic acids is 1. The molecule has 0 spiro atoms. The molecule has 15 heavy (non-hydrogen) atoms. The molecule has 0 radical (unpaired) electrons. The van der Waals surface area contributed by atoms with Crippen molar-refractivity contribution < 1.29 is 4.79 Å². The highest BCUT2D eigenvalue weighted by Gasteiger charge is 2.37. The molecule has 1 aliphatic rings. The lowest BCUT2D eigenvalue weighted by Crippen LogP contribution is -2.40. The van der Waals surface area contributed by atoms with Gasteiger partial charge in [0.2, 0.25) is 0 Å². The van der Waals surface area contributed by atoms with Gasteiger partial charge >= 0.3 is 0 Å². The quantitative estimate of drug-likeness (QED) is 0.664. The maximum absolute atomic E-state index is 12.1. The Morgan fingerprint density at radius 3 is 2.00 bits per heavy atom. The molecule has 0 N–H and O–H groups in total. The van der Waals surface area contributed by atoms with Gasteiger partial charge in [-0.2, -0.15) is 0 Å². The van der Waals surface area contributed by atoms with Crippen LogP contribution in [0.2, 0.25) is 0 Å². The van der Waals surface area contributed by atoms with Crippen LogP contribution in [-0.4, -0.2) is 29.3 Å². The van der Waals surface area contributed by atoms with Gasteiger partial charge in [-0.3, -0.25) is 9.69 Å². The molecule has 1 fully saturated rings. The summed E-state index contributed by atoms with van der Waals surface area (Å²) in [6, 6.07) is 0. The lowest BCUT2D eigenvalue weighted by atomic mass is 9.82. The largest absolute Gasteiger partial charge is 0.299 e. The molecule has 88 valence electrons. The van der Waals surface area contributed by atoms with E-state index in [4.69, 9.17) is 0 Å². The lowest BCUT2D eigenvalue weighted by molar-refractivity contribution is -0.130. The van der Waals surface area contributed by atoms with Crippen LogP contribution in [0.3, 0.4) is 0 Å². The van der Waals surface area contributed by atoms with E-state index in [0.717, 1.165) is 19.5 Å². The molecule has 1 rings (SSSR count). The number of nitrogens with zero attached hydrogens (tertiary/aromatic N) is 1. The highest BCUT2D eigenvalue weighted by atomic mass is 16.1. The fourth-order valence-corrected chi connectivity index (χ4v) is 2.20. The lowest BCUT2D eigenvalue weighted by Gasteiger charge is -2.32. The molecule has 1 saturated heterocycles. The van der Waals surface area contributed by atoms with Gasteiger partial charge in [-0.1, -0.05) is 20.8 Å².